The van der Waals surface area contributed by atoms with Gasteiger partial charge in [-0.15, -0.1) is 0 Å². The lowest BCUT2D eigenvalue weighted by Crippen LogP contribution is -2.65. The van der Waals surface area contributed by atoms with Crippen LogP contribution in [0.15, 0.2) is 11.6 Å². The minimum atomic E-state index is -1.68. The number of carbonyl (C=O) groups excluding carboxylic acids is 1. The van der Waals surface area contributed by atoms with Crippen LogP contribution < -0.4 is 0 Å². The summed E-state index contributed by atoms with van der Waals surface area (Å²) in [5.74, 6) is -4.03. The van der Waals surface area contributed by atoms with E-state index >= 15 is 0 Å². The lowest BCUT2D eigenvalue weighted by molar-refractivity contribution is -0.374. The Hall–Kier alpha value is -1.71. The van der Waals surface area contributed by atoms with Crippen LogP contribution in [-0.2, 0) is 80.6 Å². The first-order valence-electron chi connectivity index (χ1n) is 29.1. The van der Waals surface area contributed by atoms with Gasteiger partial charge in [-0.05, 0) is 79.1 Å². The monoisotopic (exact) mass is 1160 g/mol. The predicted molar refractivity (Wildman–Crippen MR) is 274 cm³/mol. The van der Waals surface area contributed by atoms with E-state index in [4.69, 9.17) is 75.8 Å². The molecule has 25 nitrogen and oxygen atoms in total. The standard InChI is InChI=1S/C56H90O25/c1-24-45(33(59)18-38(71-24)75-30-13-16-55(23-69-28(5)58)29(17-30)11-12-32-31(55)14-15-53(6)50-37(81-56(32,53)65)22-70-54(50,7)64)77-39-19-34(66-8)46(25(2)72-39)78-40-20-35(67-9)47(26(3)73-40)79-52-44(63)49(68-10)48(27(4)74-52)80-51-43(62)42(61)41(60)36(21-57)76-51/h11,24-27,30-52,57,59-65H,12-23H2,1-10H3/t24-,25-,26-,27-,30+,31+,32-,33-,34+,35-,36-,37-,38+,39+,40+,41-,42+,43-,44-,45-,46-,47-,48-,49-,50+,51+,52+,53-,54+,55-,56-/m1/s1. The van der Waals surface area contributed by atoms with Gasteiger partial charge in [-0.3, -0.25) is 4.79 Å². The van der Waals surface area contributed by atoms with Gasteiger partial charge in [0.05, 0.1) is 74.1 Å². The highest BCUT2D eigenvalue weighted by atomic mass is 16.8. The number of aliphatic hydroxyl groups excluding tert-OH is 6. The molecule has 0 unspecified atom stereocenters. The number of hydrogen-bond acceptors (Lipinski definition) is 25. The van der Waals surface area contributed by atoms with Crippen LogP contribution in [0, 0.1) is 28.6 Å². The minimum absolute atomic E-state index is 0.0508. The van der Waals surface area contributed by atoms with Gasteiger partial charge in [0.2, 0.25) is 0 Å². The first-order chi connectivity index (χ1) is 38.4. The molecule has 31 atom stereocenters. The van der Waals surface area contributed by atoms with Crippen LogP contribution in [0.2, 0.25) is 0 Å². The average molecular weight is 1160 g/mol. The largest absolute Gasteiger partial charge is 0.465 e. The summed E-state index contributed by atoms with van der Waals surface area (Å²) in [5, 5.41) is 87.9. The molecule has 464 valence electrons. The van der Waals surface area contributed by atoms with Gasteiger partial charge < -0.3 is 117 Å². The van der Waals surface area contributed by atoms with Crippen molar-refractivity contribution in [1.82, 2.24) is 0 Å². The molecule has 0 aromatic heterocycles. The van der Waals surface area contributed by atoms with Crippen molar-refractivity contribution in [2.45, 2.75) is 265 Å². The van der Waals surface area contributed by atoms with Gasteiger partial charge in [-0.25, -0.2) is 0 Å². The van der Waals surface area contributed by atoms with Crippen LogP contribution in [0.5, 0.6) is 0 Å². The van der Waals surface area contributed by atoms with Crippen molar-refractivity contribution in [3.63, 3.8) is 0 Å². The first-order valence-corrected chi connectivity index (χ1v) is 29.1. The van der Waals surface area contributed by atoms with Crippen molar-refractivity contribution in [1.29, 1.82) is 0 Å². The predicted octanol–water partition coefficient (Wildman–Crippen LogP) is 0.167. The summed E-state index contributed by atoms with van der Waals surface area (Å²) >= 11 is 0. The summed E-state index contributed by atoms with van der Waals surface area (Å²) in [5.41, 5.74) is -0.164. The second-order valence-electron chi connectivity index (χ2n) is 24.9. The molecular formula is C56H90O25. The number of aliphatic hydroxyl groups is 8. The lowest BCUT2D eigenvalue weighted by Gasteiger charge is -2.61. The third-order valence-electron chi connectivity index (χ3n) is 20.1. The highest BCUT2D eigenvalue weighted by Crippen LogP contribution is 2.70. The average Bonchev–Trinajstić information content (AvgIpc) is 2.97. The van der Waals surface area contributed by atoms with E-state index in [9.17, 15) is 45.6 Å². The summed E-state index contributed by atoms with van der Waals surface area (Å²) in [4.78, 5) is 12.4. The summed E-state index contributed by atoms with van der Waals surface area (Å²) in [7, 11) is 4.46. The number of carbonyl (C=O) groups is 1. The molecule has 2 saturated carbocycles. The number of allylic oxidation sites excluding steroid dienone is 1. The highest BCUT2D eigenvalue weighted by molar-refractivity contribution is 5.66. The zero-order valence-electron chi connectivity index (χ0n) is 48.2. The summed E-state index contributed by atoms with van der Waals surface area (Å²) in [6.07, 6.45) is -15.7. The number of ether oxygens (including phenoxy) is 16. The smallest absolute Gasteiger partial charge is 0.302 e. The highest BCUT2D eigenvalue weighted by Gasteiger charge is 2.75. The Morgan fingerprint density at radius 1 is 0.654 bits per heavy atom. The maximum Gasteiger partial charge on any atom is 0.302 e. The van der Waals surface area contributed by atoms with Gasteiger partial charge in [0, 0.05) is 64.3 Å². The molecule has 0 aromatic rings. The SMILES string of the molecule is CO[C@@H]1[C@@H](O)[C@H](O[C@@H]2[C@@H](C)O[C@@H](O[C@H]3[C@@H](OC)C[C@H](O[C@H]4[C@H](O)C[C@H](O[C@H]5CC[C@@]6(COC(C)=O)C(=CC[C@@H]7[C@@H]6CC[C@]6(C)[C@@H]8[C@@H](CO[C@]8(C)O)O[C@]76O)C5)O[C@@H]4C)O[C@@H]3C)C[C@H]2OC)O[C@H](C)[C@H]1O[C@@H]1O[C@H](CO)[C@@H](O)[C@H](O)[C@H]1O. The molecule has 7 aliphatic heterocycles. The Bertz CT molecular complexity index is 2160. The van der Waals surface area contributed by atoms with Gasteiger partial charge in [0.1, 0.15) is 67.6 Å². The van der Waals surface area contributed by atoms with Crippen LogP contribution >= 0.6 is 0 Å². The molecule has 7 saturated heterocycles. The molecule has 10 rings (SSSR count). The van der Waals surface area contributed by atoms with Gasteiger partial charge >= 0.3 is 5.97 Å². The Balaban J connectivity index is 0.709. The molecule has 0 radical (unpaired) electrons. The van der Waals surface area contributed by atoms with Crippen LogP contribution in [0.3, 0.4) is 0 Å². The topological polar surface area (TPSA) is 327 Å². The summed E-state index contributed by atoms with van der Waals surface area (Å²) in [6.45, 7) is 11.9. The molecule has 10 aliphatic rings. The van der Waals surface area contributed by atoms with Crippen LogP contribution in [0.25, 0.3) is 0 Å². The van der Waals surface area contributed by atoms with E-state index in [0.717, 1.165) is 12.0 Å². The number of esters is 1. The fourth-order valence-electron chi connectivity index (χ4n) is 15.9. The molecule has 25 heteroatoms. The second kappa shape index (κ2) is 24.5. The Labute approximate surface area is 472 Å². The van der Waals surface area contributed by atoms with Crippen molar-refractivity contribution in [3.05, 3.63) is 11.6 Å². The van der Waals surface area contributed by atoms with Crippen molar-refractivity contribution < 1.29 is 121 Å². The Morgan fingerprint density at radius 3 is 1.86 bits per heavy atom. The van der Waals surface area contributed by atoms with Crippen molar-refractivity contribution in [2.75, 3.05) is 41.2 Å². The van der Waals surface area contributed by atoms with E-state index in [0.29, 0.717) is 32.1 Å². The van der Waals surface area contributed by atoms with E-state index < -0.39 is 176 Å². The van der Waals surface area contributed by atoms with E-state index in [1.54, 1.807) is 27.9 Å². The van der Waals surface area contributed by atoms with E-state index in [1.165, 1.54) is 21.1 Å². The molecule has 3 aliphatic carbocycles. The molecule has 0 aromatic carbocycles. The van der Waals surface area contributed by atoms with E-state index in [2.05, 4.69) is 6.08 Å². The van der Waals surface area contributed by atoms with Crippen molar-refractivity contribution in [3.8, 4) is 0 Å². The molecule has 9 fully saturated rings. The fraction of sp³-hybridized carbons (Fsp3) is 0.946. The quantitative estimate of drug-likeness (QED) is 0.0754. The number of fused-ring (bicyclic) bond motifs is 7. The minimum Gasteiger partial charge on any atom is -0.465 e. The maximum absolute atomic E-state index is 12.6. The van der Waals surface area contributed by atoms with Crippen LogP contribution in [0.4, 0.5) is 0 Å². The molecular weight excluding hydrogens is 1070 g/mol. The molecule has 7 heterocycles. The van der Waals surface area contributed by atoms with E-state index in [-0.39, 0.29) is 56.4 Å². The maximum atomic E-state index is 12.6. The zero-order valence-corrected chi connectivity index (χ0v) is 48.2. The second-order valence-corrected chi connectivity index (χ2v) is 24.9. The molecule has 0 amide bonds. The Morgan fingerprint density at radius 2 is 1.25 bits per heavy atom. The third kappa shape index (κ3) is 11.5. The van der Waals surface area contributed by atoms with Crippen molar-refractivity contribution in [2.24, 2.45) is 28.6 Å². The van der Waals surface area contributed by atoms with Gasteiger partial charge in [-0.1, -0.05) is 18.6 Å². The molecule has 0 bridgehead atoms. The first kappa shape index (κ1) is 62.3. The summed E-state index contributed by atoms with van der Waals surface area (Å²) < 4.78 is 98.6. The third-order valence-corrected chi connectivity index (χ3v) is 20.1. The van der Waals surface area contributed by atoms with Gasteiger partial charge in [-0.2, -0.15) is 0 Å². The number of rotatable bonds is 16. The van der Waals surface area contributed by atoms with Crippen molar-refractivity contribution >= 4 is 5.97 Å². The normalized spacial score (nSPS) is 53.7. The fourth-order valence-corrected chi connectivity index (χ4v) is 15.9. The number of hydrogen-bond donors (Lipinski definition) is 8. The lowest BCUT2D eigenvalue weighted by atomic mass is 9.46. The molecule has 0 spiro atoms. The van der Waals surface area contributed by atoms with E-state index in [1.807, 2.05) is 20.8 Å². The molecule has 81 heavy (non-hydrogen) atoms. The Kier molecular flexibility index (Phi) is 18.8. The summed E-state index contributed by atoms with van der Waals surface area (Å²) in [6, 6.07) is 0. The zero-order chi connectivity index (χ0) is 58.2. The van der Waals surface area contributed by atoms with Gasteiger partial charge in [0.25, 0.3) is 0 Å². The van der Waals surface area contributed by atoms with Gasteiger partial charge in [0.15, 0.2) is 43.0 Å². The van der Waals surface area contributed by atoms with Crippen LogP contribution in [-0.4, -0.2) is 247 Å². The molecule has 8 N–H and O–H groups in total. The number of methoxy groups -OCH3 is 3. The van der Waals surface area contributed by atoms with Crippen LogP contribution in [0.1, 0.15) is 106 Å².